The van der Waals surface area contributed by atoms with Crippen LogP contribution in [0.1, 0.15) is 0 Å². The maximum absolute atomic E-state index is 13.6. The summed E-state index contributed by atoms with van der Waals surface area (Å²) in [4.78, 5) is 4.33. The van der Waals surface area contributed by atoms with Crippen LogP contribution in [0.25, 0.3) is 0 Å². The van der Waals surface area contributed by atoms with Crippen LogP contribution in [0.5, 0.6) is 11.5 Å². The molecule has 5 nitrogen and oxygen atoms in total. The lowest BCUT2D eigenvalue weighted by Crippen LogP contribution is -2.57. The highest BCUT2D eigenvalue weighted by molar-refractivity contribution is 5.91. The van der Waals surface area contributed by atoms with E-state index >= 15 is 0 Å². The molecule has 0 spiro atoms. The highest BCUT2D eigenvalue weighted by Crippen LogP contribution is 2.38. The minimum absolute atomic E-state index is 0.0284. The Morgan fingerprint density at radius 1 is 1.55 bits per heavy atom. The normalized spacial score (nSPS) is 23.9. The summed E-state index contributed by atoms with van der Waals surface area (Å²) in [6.45, 7) is 5.28. The number of nitrogens with one attached hydrogen (secondary N) is 1. The third-order valence-corrected chi connectivity index (χ3v) is 3.08. The summed E-state index contributed by atoms with van der Waals surface area (Å²) in [6, 6.07) is 4.52. The molecule has 1 atom stereocenters. The van der Waals surface area contributed by atoms with Crippen molar-refractivity contribution >= 4 is 5.84 Å². The van der Waals surface area contributed by atoms with Gasteiger partial charge in [0.05, 0.1) is 13.2 Å². The molecular weight excluding hydrogens is 263 g/mol. The van der Waals surface area contributed by atoms with E-state index in [1.54, 1.807) is 18.2 Å². The molecule has 1 aromatic carbocycles. The molecule has 106 valence electrons. The van der Waals surface area contributed by atoms with Crippen molar-refractivity contribution in [1.29, 1.82) is 0 Å². The van der Waals surface area contributed by atoms with Gasteiger partial charge in [-0.05, 0) is 12.1 Å². The lowest BCUT2D eigenvalue weighted by Gasteiger charge is -2.37. The van der Waals surface area contributed by atoms with E-state index < -0.39 is 11.6 Å². The molecule has 0 radical (unpaired) electrons. The molecule has 0 fully saturated rings. The van der Waals surface area contributed by atoms with E-state index in [-0.39, 0.29) is 19.0 Å². The minimum atomic E-state index is -1.18. The lowest BCUT2D eigenvalue weighted by molar-refractivity contribution is -0.157. The predicted molar refractivity (Wildman–Crippen MR) is 71.7 cm³/mol. The monoisotopic (exact) mass is 278 g/mol. The van der Waals surface area contributed by atoms with Crippen LogP contribution < -0.4 is 14.8 Å². The van der Waals surface area contributed by atoms with Crippen molar-refractivity contribution in [2.45, 2.75) is 5.79 Å². The molecule has 0 amide bonds. The van der Waals surface area contributed by atoms with Crippen molar-refractivity contribution in [3.05, 3.63) is 36.7 Å². The Morgan fingerprint density at radius 2 is 2.45 bits per heavy atom. The summed E-state index contributed by atoms with van der Waals surface area (Å²) < 4.78 is 30.7. The van der Waals surface area contributed by atoms with Crippen LogP contribution in [0.4, 0.5) is 4.39 Å². The Labute approximate surface area is 116 Å². The highest BCUT2D eigenvalue weighted by atomic mass is 19.1. The second-order valence-electron chi connectivity index (χ2n) is 4.47. The van der Waals surface area contributed by atoms with Gasteiger partial charge in [0.15, 0.2) is 29.8 Å². The summed E-state index contributed by atoms with van der Waals surface area (Å²) in [5, 5.41) is 3.11. The third-order valence-electron chi connectivity index (χ3n) is 3.08. The number of benzene rings is 1. The molecule has 0 bridgehead atoms. The van der Waals surface area contributed by atoms with Gasteiger partial charge in [-0.1, -0.05) is 12.1 Å². The Bertz CT molecular complexity index is 561. The summed E-state index contributed by atoms with van der Waals surface area (Å²) in [5.41, 5.74) is 0. The molecule has 1 aromatic rings. The second-order valence-corrected chi connectivity index (χ2v) is 4.47. The molecule has 2 aliphatic heterocycles. The fraction of sp³-hybridized carbons (Fsp3) is 0.357. The number of hydrogen-bond acceptors (Lipinski definition) is 5. The quantitative estimate of drug-likeness (QED) is 0.848. The van der Waals surface area contributed by atoms with Gasteiger partial charge in [-0.3, -0.25) is 4.99 Å². The number of hydrogen-bond donors (Lipinski definition) is 1. The van der Waals surface area contributed by atoms with Gasteiger partial charge in [0.2, 0.25) is 0 Å². The van der Waals surface area contributed by atoms with Crippen molar-refractivity contribution in [1.82, 2.24) is 5.32 Å². The number of aliphatic imine (C=N–C) groups is 1. The standard InChI is InChI=1S/C14H15FN2O3/c1-2-8-19-14(13-16-6-7-17-13)9-18-12-10(15)4-3-5-11(12)20-14/h2-5H,1,6-9H2,(H,16,17). The van der Waals surface area contributed by atoms with Crippen LogP contribution in [0, 0.1) is 5.82 Å². The Kier molecular flexibility index (Phi) is 3.31. The number of para-hydroxylation sites is 1. The maximum atomic E-state index is 13.6. The molecule has 3 rings (SSSR count). The van der Waals surface area contributed by atoms with Gasteiger partial charge in [0, 0.05) is 6.54 Å². The number of nitrogens with zero attached hydrogens (tertiary/aromatic N) is 1. The van der Waals surface area contributed by atoms with E-state index in [0.29, 0.717) is 24.7 Å². The van der Waals surface area contributed by atoms with Crippen LogP contribution in [0.2, 0.25) is 0 Å². The zero-order chi connectivity index (χ0) is 14.0. The Morgan fingerprint density at radius 3 is 3.20 bits per heavy atom. The second kappa shape index (κ2) is 5.13. The topological polar surface area (TPSA) is 52.1 Å². The number of amidine groups is 1. The lowest BCUT2D eigenvalue weighted by atomic mass is 10.2. The van der Waals surface area contributed by atoms with Gasteiger partial charge >= 0.3 is 5.79 Å². The van der Waals surface area contributed by atoms with Crippen molar-refractivity contribution in [3.63, 3.8) is 0 Å². The predicted octanol–water partition coefficient (Wildman–Crippen LogP) is 1.50. The van der Waals surface area contributed by atoms with E-state index in [1.165, 1.54) is 6.07 Å². The number of ether oxygens (including phenoxy) is 3. The molecule has 1 unspecified atom stereocenters. The average molecular weight is 278 g/mol. The molecule has 6 heteroatoms. The summed E-state index contributed by atoms with van der Waals surface area (Å²) >= 11 is 0. The minimum Gasteiger partial charge on any atom is -0.479 e. The van der Waals surface area contributed by atoms with Crippen LogP contribution in [0.3, 0.4) is 0 Å². The van der Waals surface area contributed by atoms with Crippen molar-refractivity contribution < 1.29 is 18.6 Å². The fourth-order valence-corrected chi connectivity index (χ4v) is 2.19. The number of fused-ring (bicyclic) bond motifs is 1. The van der Waals surface area contributed by atoms with E-state index in [2.05, 4.69) is 16.9 Å². The van der Waals surface area contributed by atoms with E-state index in [0.717, 1.165) is 0 Å². The zero-order valence-corrected chi connectivity index (χ0v) is 10.9. The molecule has 0 aliphatic carbocycles. The Hall–Kier alpha value is -2.08. The number of rotatable bonds is 4. The molecule has 1 N–H and O–H groups in total. The smallest absolute Gasteiger partial charge is 0.304 e. The van der Waals surface area contributed by atoms with Crippen LogP contribution in [-0.2, 0) is 4.74 Å². The van der Waals surface area contributed by atoms with Gasteiger partial charge < -0.3 is 19.5 Å². The van der Waals surface area contributed by atoms with E-state index in [1.807, 2.05) is 0 Å². The van der Waals surface area contributed by atoms with Gasteiger partial charge in [0.25, 0.3) is 0 Å². The van der Waals surface area contributed by atoms with Gasteiger partial charge in [0.1, 0.15) is 0 Å². The van der Waals surface area contributed by atoms with Gasteiger partial charge in [-0.25, -0.2) is 4.39 Å². The average Bonchev–Trinajstić information content (AvgIpc) is 3.00. The Balaban J connectivity index is 1.94. The van der Waals surface area contributed by atoms with Crippen molar-refractivity contribution in [2.75, 3.05) is 26.3 Å². The third kappa shape index (κ3) is 2.12. The van der Waals surface area contributed by atoms with Crippen LogP contribution in [-0.4, -0.2) is 37.9 Å². The molecule has 0 saturated carbocycles. The molecule has 0 saturated heterocycles. The first kappa shape index (κ1) is 12.9. The fourth-order valence-electron chi connectivity index (χ4n) is 2.19. The molecule has 2 heterocycles. The molecular formula is C14H15FN2O3. The highest BCUT2D eigenvalue weighted by Gasteiger charge is 2.46. The summed E-state index contributed by atoms with van der Waals surface area (Å²) in [5.74, 6) is -0.665. The summed E-state index contributed by atoms with van der Waals surface area (Å²) in [6.07, 6.45) is 1.61. The van der Waals surface area contributed by atoms with E-state index in [4.69, 9.17) is 14.2 Å². The maximum Gasteiger partial charge on any atom is 0.304 e. The van der Waals surface area contributed by atoms with Crippen molar-refractivity contribution in [2.24, 2.45) is 4.99 Å². The largest absolute Gasteiger partial charge is 0.479 e. The summed E-state index contributed by atoms with van der Waals surface area (Å²) in [7, 11) is 0. The van der Waals surface area contributed by atoms with Crippen LogP contribution >= 0.6 is 0 Å². The van der Waals surface area contributed by atoms with E-state index in [9.17, 15) is 4.39 Å². The molecule has 2 aliphatic rings. The van der Waals surface area contributed by atoms with Crippen LogP contribution in [0.15, 0.2) is 35.8 Å². The first-order valence-corrected chi connectivity index (χ1v) is 6.39. The van der Waals surface area contributed by atoms with Gasteiger partial charge in [-0.15, -0.1) is 6.58 Å². The molecule has 0 aromatic heterocycles. The number of halogens is 1. The first-order valence-electron chi connectivity index (χ1n) is 6.39. The van der Waals surface area contributed by atoms with Crippen molar-refractivity contribution in [3.8, 4) is 11.5 Å². The first-order chi connectivity index (χ1) is 9.75. The SMILES string of the molecule is C=CCOC1(C2=NCCN2)COc2c(F)cccc2O1. The van der Waals surface area contributed by atoms with Gasteiger partial charge in [-0.2, -0.15) is 0 Å². The zero-order valence-electron chi connectivity index (χ0n) is 10.9. The molecule has 20 heavy (non-hydrogen) atoms.